The highest BCUT2D eigenvalue weighted by Gasteiger charge is 2.12. The smallest absolute Gasteiger partial charge is 0.275 e. The van der Waals surface area contributed by atoms with Crippen molar-refractivity contribution < 1.29 is 9.53 Å². The molecule has 0 atom stereocenters. The first kappa shape index (κ1) is 17.6. The molecule has 0 fully saturated rings. The van der Waals surface area contributed by atoms with E-state index in [4.69, 9.17) is 39.5 Å². The van der Waals surface area contributed by atoms with E-state index in [1.54, 1.807) is 37.3 Å². The van der Waals surface area contributed by atoms with Gasteiger partial charge in [0.05, 0.1) is 28.4 Å². The molecular weight excluding hydrogens is 359 g/mol. The predicted molar refractivity (Wildman–Crippen MR) is 94.1 cm³/mol. The zero-order chi connectivity index (χ0) is 17.0. The van der Waals surface area contributed by atoms with Crippen molar-refractivity contribution in [1.82, 2.24) is 5.43 Å². The lowest BCUT2D eigenvalue weighted by Crippen LogP contribution is -2.20. The molecule has 0 aromatic heterocycles. The number of hydrogen-bond acceptors (Lipinski definition) is 3. The first-order valence-electron chi connectivity index (χ1n) is 6.56. The van der Waals surface area contributed by atoms with Crippen molar-refractivity contribution in [3.63, 3.8) is 0 Å². The number of benzene rings is 2. The molecule has 0 radical (unpaired) electrons. The van der Waals surface area contributed by atoms with Crippen molar-refractivity contribution in [3.8, 4) is 5.75 Å². The van der Waals surface area contributed by atoms with Gasteiger partial charge in [0.1, 0.15) is 5.75 Å². The van der Waals surface area contributed by atoms with Crippen molar-refractivity contribution in [2.45, 2.75) is 6.92 Å². The number of hydrogen-bond donors (Lipinski definition) is 1. The summed E-state index contributed by atoms with van der Waals surface area (Å²) in [5.41, 5.74) is 4.09. The van der Waals surface area contributed by atoms with Gasteiger partial charge >= 0.3 is 0 Å². The zero-order valence-electron chi connectivity index (χ0n) is 12.4. The highest BCUT2D eigenvalue weighted by Crippen LogP contribution is 2.24. The van der Waals surface area contributed by atoms with Gasteiger partial charge in [-0.1, -0.05) is 40.9 Å². The standard InChI is InChI=1S/C16H13Cl3N2O2/c1-9(10-3-5-13(18)14(19)7-10)20-21-16(22)12-8-11(17)4-6-15(12)23-2/h3-8H,1-2H3,(H,21,22). The fourth-order valence-corrected chi connectivity index (χ4v) is 2.31. The lowest BCUT2D eigenvalue weighted by Gasteiger charge is -2.08. The van der Waals surface area contributed by atoms with Crippen LogP contribution in [0.5, 0.6) is 5.75 Å². The molecule has 0 bridgehead atoms. The van der Waals surface area contributed by atoms with Crippen LogP contribution in [-0.4, -0.2) is 18.7 Å². The Morgan fingerprint density at radius 3 is 2.48 bits per heavy atom. The Hall–Kier alpha value is -1.75. The Balaban J connectivity index is 2.20. The molecule has 2 rings (SSSR count). The van der Waals surface area contributed by atoms with E-state index in [-0.39, 0.29) is 0 Å². The van der Waals surface area contributed by atoms with Gasteiger partial charge in [-0.15, -0.1) is 0 Å². The quantitative estimate of drug-likeness (QED) is 0.619. The van der Waals surface area contributed by atoms with Crippen LogP contribution in [0.15, 0.2) is 41.5 Å². The second-order valence-corrected chi connectivity index (χ2v) is 5.86. The summed E-state index contributed by atoms with van der Waals surface area (Å²) in [6, 6.07) is 9.88. The topological polar surface area (TPSA) is 50.7 Å². The molecule has 0 aliphatic carbocycles. The predicted octanol–water partition coefficient (Wildman–Crippen LogP) is 4.81. The van der Waals surface area contributed by atoms with Gasteiger partial charge in [0.15, 0.2) is 0 Å². The van der Waals surface area contributed by atoms with E-state index >= 15 is 0 Å². The molecule has 120 valence electrons. The van der Waals surface area contributed by atoms with Crippen LogP contribution in [0, 0.1) is 0 Å². The maximum atomic E-state index is 12.2. The average Bonchev–Trinajstić information content (AvgIpc) is 2.54. The Labute approximate surface area is 149 Å². The van der Waals surface area contributed by atoms with Crippen LogP contribution in [0.1, 0.15) is 22.8 Å². The van der Waals surface area contributed by atoms with Crippen LogP contribution >= 0.6 is 34.8 Å². The minimum atomic E-state index is -0.427. The number of carbonyl (C=O) groups excluding carboxylic acids is 1. The van der Waals surface area contributed by atoms with Gasteiger partial charge in [0, 0.05) is 5.02 Å². The Morgan fingerprint density at radius 2 is 1.83 bits per heavy atom. The molecule has 0 saturated carbocycles. The fraction of sp³-hybridized carbons (Fsp3) is 0.125. The SMILES string of the molecule is COc1ccc(Cl)cc1C(=O)NN=C(C)c1ccc(Cl)c(Cl)c1. The van der Waals surface area contributed by atoms with Crippen molar-refractivity contribution in [2.24, 2.45) is 5.10 Å². The highest BCUT2D eigenvalue weighted by molar-refractivity contribution is 6.42. The van der Waals surface area contributed by atoms with Gasteiger partial charge in [-0.25, -0.2) is 5.43 Å². The minimum Gasteiger partial charge on any atom is -0.496 e. The molecular formula is C16H13Cl3N2O2. The summed E-state index contributed by atoms with van der Waals surface area (Å²) in [5.74, 6) is -0.0157. The van der Waals surface area contributed by atoms with Gasteiger partial charge < -0.3 is 4.74 Å². The summed E-state index contributed by atoms with van der Waals surface area (Å²) in [4.78, 5) is 12.2. The lowest BCUT2D eigenvalue weighted by atomic mass is 10.1. The number of carbonyl (C=O) groups is 1. The molecule has 1 N–H and O–H groups in total. The number of methoxy groups -OCH3 is 1. The number of hydrazone groups is 1. The number of halogens is 3. The first-order valence-corrected chi connectivity index (χ1v) is 7.69. The first-order chi connectivity index (χ1) is 10.9. The van der Waals surface area contributed by atoms with E-state index in [0.717, 1.165) is 5.56 Å². The van der Waals surface area contributed by atoms with Crippen molar-refractivity contribution in [1.29, 1.82) is 0 Å². The van der Waals surface area contributed by atoms with E-state index in [0.29, 0.717) is 32.1 Å². The number of amides is 1. The Bertz CT molecular complexity index is 776. The lowest BCUT2D eigenvalue weighted by molar-refractivity contribution is 0.0952. The van der Waals surface area contributed by atoms with E-state index in [1.807, 2.05) is 0 Å². The summed E-state index contributed by atoms with van der Waals surface area (Å²) in [7, 11) is 1.48. The van der Waals surface area contributed by atoms with Crippen LogP contribution in [0.25, 0.3) is 0 Å². The average molecular weight is 372 g/mol. The Kier molecular flexibility index (Phi) is 5.88. The van der Waals surface area contributed by atoms with Gasteiger partial charge in [-0.2, -0.15) is 5.10 Å². The highest BCUT2D eigenvalue weighted by atomic mass is 35.5. The molecule has 0 aliphatic rings. The van der Waals surface area contributed by atoms with Gasteiger partial charge in [0.2, 0.25) is 0 Å². The third kappa shape index (κ3) is 4.38. The molecule has 2 aromatic rings. The van der Waals surface area contributed by atoms with Crippen LogP contribution < -0.4 is 10.2 Å². The number of rotatable bonds is 4. The summed E-state index contributed by atoms with van der Waals surface area (Å²) < 4.78 is 5.14. The maximum absolute atomic E-state index is 12.2. The van der Waals surface area contributed by atoms with Crippen molar-refractivity contribution in [3.05, 3.63) is 62.6 Å². The Morgan fingerprint density at radius 1 is 1.09 bits per heavy atom. The van der Waals surface area contributed by atoms with Crippen LogP contribution in [-0.2, 0) is 0 Å². The molecule has 4 nitrogen and oxygen atoms in total. The summed E-state index contributed by atoms with van der Waals surface area (Å²) in [5, 5.41) is 5.37. The molecule has 0 spiro atoms. The molecule has 0 aliphatic heterocycles. The van der Waals surface area contributed by atoms with Crippen LogP contribution in [0.4, 0.5) is 0 Å². The van der Waals surface area contributed by atoms with Crippen LogP contribution in [0.2, 0.25) is 15.1 Å². The molecule has 1 amide bonds. The van der Waals surface area contributed by atoms with Gasteiger partial charge in [-0.3, -0.25) is 4.79 Å². The van der Waals surface area contributed by atoms with Crippen LogP contribution in [0.3, 0.4) is 0 Å². The third-order valence-electron chi connectivity index (χ3n) is 3.07. The second-order valence-electron chi connectivity index (χ2n) is 4.61. The van der Waals surface area contributed by atoms with E-state index in [2.05, 4.69) is 10.5 Å². The molecule has 0 unspecified atom stereocenters. The van der Waals surface area contributed by atoms with Gasteiger partial charge in [-0.05, 0) is 42.8 Å². The molecule has 23 heavy (non-hydrogen) atoms. The van der Waals surface area contributed by atoms with E-state index in [9.17, 15) is 4.79 Å². The molecule has 0 saturated heterocycles. The van der Waals surface area contributed by atoms with E-state index in [1.165, 1.54) is 13.2 Å². The normalized spacial score (nSPS) is 11.3. The summed E-state index contributed by atoms with van der Waals surface area (Å²) >= 11 is 17.8. The monoisotopic (exact) mass is 370 g/mol. The minimum absolute atomic E-state index is 0.297. The zero-order valence-corrected chi connectivity index (χ0v) is 14.6. The number of ether oxygens (including phenoxy) is 1. The third-order valence-corrected chi connectivity index (χ3v) is 4.04. The second kappa shape index (κ2) is 7.68. The van der Waals surface area contributed by atoms with Crippen molar-refractivity contribution >= 4 is 46.4 Å². The number of nitrogens with one attached hydrogen (secondary N) is 1. The number of nitrogens with zero attached hydrogens (tertiary/aromatic N) is 1. The summed E-state index contributed by atoms with van der Waals surface area (Å²) in [6.45, 7) is 1.75. The summed E-state index contributed by atoms with van der Waals surface area (Å²) in [6.07, 6.45) is 0. The molecule has 2 aromatic carbocycles. The molecule has 7 heteroatoms. The molecule has 0 heterocycles. The maximum Gasteiger partial charge on any atom is 0.275 e. The van der Waals surface area contributed by atoms with Gasteiger partial charge in [0.25, 0.3) is 5.91 Å². The largest absolute Gasteiger partial charge is 0.496 e. The van der Waals surface area contributed by atoms with Crippen molar-refractivity contribution in [2.75, 3.05) is 7.11 Å². The van der Waals surface area contributed by atoms with E-state index < -0.39 is 5.91 Å². The fourth-order valence-electron chi connectivity index (χ4n) is 1.84.